The fourth-order valence-electron chi connectivity index (χ4n) is 1.59. The first-order valence-electron chi connectivity index (χ1n) is 6.23. The highest BCUT2D eigenvalue weighted by molar-refractivity contribution is 7.89. The Hall–Kier alpha value is -1.53. The van der Waals surface area contributed by atoms with Crippen molar-refractivity contribution in [2.24, 2.45) is 0 Å². The molecule has 20 heavy (non-hydrogen) atoms. The van der Waals surface area contributed by atoms with Gasteiger partial charge in [0.15, 0.2) is 0 Å². The van der Waals surface area contributed by atoms with Crippen molar-refractivity contribution in [1.82, 2.24) is 9.19 Å². The molecule has 7 heteroatoms. The third-order valence-electron chi connectivity index (χ3n) is 2.68. The summed E-state index contributed by atoms with van der Waals surface area (Å²) in [6, 6.07) is 5.92. The number of rotatable bonds is 6. The summed E-state index contributed by atoms with van der Waals surface area (Å²) in [5.41, 5.74) is 0. The van der Waals surface area contributed by atoms with Crippen LogP contribution in [0.5, 0.6) is 5.75 Å². The van der Waals surface area contributed by atoms with Gasteiger partial charge in [0, 0.05) is 12.3 Å². The fourth-order valence-corrected chi connectivity index (χ4v) is 2.88. The number of hydrogen-bond acceptors (Lipinski definition) is 4. The van der Waals surface area contributed by atoms with Crippen LogP contribution in [0.4, 0.5) is 0 Å². The molecule has 5 nitrogen and oxygen atoms in total. The minimum absolute atomic E-state index is 0.0945. The second-order valence-electron chi connectivity index (χ2n) is 4.18. The Kier molecular flexibility index (Phi) is 4.67. The van der Waals surface area contributed by atoms with Gasteiger partial charge in [-0.15, -0.1) is 0 Å². The number of benzene rings is 1. The lowest BCUT2D eigenvalue weighted by Crippen LogP contribution is -2.13. The van der Waals surface area contributed by atoms with E-state index in [0.29, 0.717) is 17.4 Å². The zero-order valence-corrected chi connectivity index (χ0v) is 12.6. The van der Waals surface area contributed by atoms with Crippen LogP contribution in [0.2, 0.25) is 5.02 Å². The molecule has 0 N–H and O–H groups in total. The molecule has 0 aliphatic heterocycles. The molecule has 0 aliphatic carbocycles. The van der Waals surface area contributed by atoms with Crippen molar-refractivity contribution < 1.29 is 13.2 Å². The highest BCUT2D eigenvalue weighted by Gasteiger charge is 2.18. The molecular weight excluding hydrogens is 300 g/mol. The number of unbranched alkanes of at least 4 members (excludes halogenated alkanes) is 1. The molecule has 0 radical (unpaired) electrons. The zero-order valence-electron chi connectivity index (χ0n) is 11.0. The van der Waals surface area contributed by atoms with Gasteiger partial charge in [-0.25, -0.2) is 0 Å². The van der Waals surface area contributed by atoms with Crippen LogP contribution in [0.15, 0.2) is 41.6 Å². The molecule has 2 aromatic rings. The van der Waals surface area contributed by atoms with Gasteiger partial charge in [0.1, 0.15) is 5.75 Å². The number of ether oxygens (including phenoxy) is 1. The Morgan fingerprint density at radius 3 is 2.85 bits per heavy atom. The van der Waals surface area contributed by atoms with Gasteiger partial charge in [-0.2, -0.15) is 17.6 Å². The van der Waals surface area contributed by atoms with E-state index in [4.69, 9.17) is 16.3 Å². The molecule has 0 unspecified atom stereocenters. The van der Waals surface area contributed by atoms with E-state index in [1.165, 1.54) is 30.6 Å². The van der Waals surface area contributed by atoms with Gasteiger partial charge in [0.2, 0.25) is 0 Å². The Balaban J connectivity index is 2.32. The van der Waals surface area contributed by atoms with Gasteiger partial charge in [-0.3, -0.25) is 0 Å². The third-order valence-corrected chi connectivity index (χ3v) is 4.55. The second-order valence-corrected chi connectivity index (χ2v) is 6.38. The average molecular weight is 315 g/mol. The average Bonchev–Trinajstić information content (AvgIpc) is 2.95. The van der Waals surface area contributed by atoms with Gasteiger partial charge in [0.05, 0.1) is 22.7 Å². The third kappa shape index (κ3) is 3.13. The maximum atomic E-state index is 12.3. The number of hydrogen-bond donors (Lipinski definition) is 0. The van der Waals surface area contributed by atoms with E-state index in [0.717, 1.165) is 16.9 Å². The maximum absolute atomic E-state index is 12.3. The Morgan fingerprint density at radius 2 is 2.20 bits per heavy atom. The van der Waals surface area contributed by atoms with E-state index in [2.05, 4.69) is 5.10 Å². The van der Waals surface area contributed by atoms with Gasteiger partial charge in [-0.05, 0) is 24.6 Å². The van der Waals surface area contributed by atoms with Crippen LogP contribution in [-0.4, -0.2) is 24.2 Å². The van der Waals surface area contributed by atoms with E-state index in [1.54, 1.807) is 6.07 Å². The first kappa shape index (κ1) is 14.9. The predicted octanol–water partition coefficient (Wildman–Crippen LogP) is 2.95. The standard InChI is InChI=1S/C13H15ClN2O3S/c1-2-3-9-19-13-10-11(5-6-12(13)14)20(17,18)16-8-4-7-15-16/h4-8,10H,2-3,9H2,1H3. The van der Waals surface area contributed by atoms with Crippen molar-refractivity contribution in [3.8, 4) is 5.75 Å². The lowest BCUT2D eigenvalue weighted by molar-refractivity contribution is 0.309. The molecule has 0 amide bonds. The van der Waals surface area contributed by atoms with Crippen LogP contribution in [0.1, 0.15) is 19.8 Å². The summed E-state index contributed by atoms with van der Waals surface area (Å²) >= 11 is 6.01. The van der Waals surface area contributed by atoms with Crippen molar-refractivity contribution in [3.05, 3.63) is 41.7 Å². The van der Waals surface area contributed by atoms with E-state index >= 15 is 0 Å². The van der Waals surface area contributed by atoms with Crippen LogP contribution < -0.4 is 4.74 Å². The monoisotopic (exact) mass is 314 g/mol. The molecule has 1 aromatic carbocycles. The van der Waals surface area contributed by atoms with Gasteiger partial charge >= 0.3 is 0 Å². The summed E-state index contributed by atoms with van der Waals surface area (Å²) in [5.74, 6) is 0.369. The summed E-state index contributed by atoms with van der Waals surface area (Å²) in [4.78, 5) is 0.0945. The zero-order chi connectivity index (χ0) is 14.6. The quantitative estimate of drug-likeness (QED) is 0.769. The van der Waals surface area contributed by atoms with Crippen molar-refractivity contribution >= 4 is 21.6 Å². The highest BCUT2D eigenvalue weighted by Crippen LogP contribution is 2.28. The molecule has 2 rings (SSSR count). The van der Waals surface area contributed by atoms with E-state index in [-0.39, 0.29) is 4.90 Å². The number of aromatic nitrogens is 2. The fraction of sp³-hybridized carbons (Fsp3) is 0.308. The Morgan fingerprint density at radius 1 is 1.40 bits per heavy atom. The molecule has 0 spiro atoms. The lowest BCUT2D eigenvalue weighted by atomic mass is 10.3. The summed E-state index contributed by atoms with van der Waals surface area (Å²) in [6.45, 7) is 2.55. The summed E-state index contributed by atoms with van der Waals surface area (Å²) in [5, 5.41) is 4.14. The van der Waals surface area contributed by atoms with Crippen molar-refractivity contribution in [3.63, 3.8) is 0 Å². The van der Waals surface area contributed by atoms with Crippen LogP contribution in [0.3, 0.4) is 0 Å². The SMILES string of the molecule is CCCCOc1cc(S(=O)(=O)n2cccn2)ccc1Cl. The molecule has 1 heterocycles. The highest BCUT2D eigenvalue weighted by atomic mass is 35.5. The van der Waals surface area contributed by atoms with Gasteiger partial charge < -0.3 is 4.74 Å². The topological polar surface area (TPSA) is 61.2 Å². The minimum atomic E-state index is -3.70. The van der Waals surface area contributed by atoms with Crippen molar-refractivity contribution in [2.75, 3.05) is 6.61 Å². The first-order chi connectivity index (χ1) is 9.55. The van der Waals surface area contributed by atoms with Gasteiger partial charge in [0.25, 0.3) is 10.0 Å². The maximum Gasteiger partial charge on any atom is 0.283 e. The van der Waals surface area contributed by atoms with Crippen LogP contribution >= 0.6 is 11.6 Å². The largest absolute Gasteiger partial charge is 0.492 e. The van der Waals surface area contributed by atoms with Crippen LogP contribution in [0, 0.1) is 0 Å². The summed E-state index contributed by atoms with van der Waals surface area (Å²) < 4.78 is 31.0. The molecular formula is C13H15ClN2O3S. The van der Waals surface area contributed by atoms with Crippen molar-refractivity contribution in [1.29, 1.82) is 0 Å². The molecule has 0 atom stereocenters. The predicted molar refractivity (Wildman–Crippen MR) is 76.7 cm³/mol. The molecule has 0 aliphatic rings. The summed E-state index contributed by atoms with van der Waals surface area (Å²) in [7, 11) is -3.70. The number of halogens is 1. The smallest absolute Gasteiger partial charge is 0.283 e. The van der Waals surface area contributed by atoms with Crippen LogP contribution in [0.25, 0.3) is 0 Å². The van der Waals surface area contributed by atoms with Gasteiger partial charge in [-0.1, -0.05) is 24.9 Å². The molecule has 0 saturated carbocycles. The summed E-state index contributed by atoms with van der Waals surface area (Å²) in [6.07, 6.45) is 4.66. The lowest BCUT2D eigenvalue weighted by Gasteiger charge is -2.10. The van der Waals surface area contributed by atoms with E-state index < -0.39 is 10.0 Å². The van der Waals surface area contributed by atoms with E-state index in [1.807, 2.05) is 6.92 Å². The Labute approximate surface area is 123 Å². The van der Waals surface area contributed by atoms with Crippen molar-refractivity contribution in [2.45, 2.75) is 24.7 Å². The minimum Gasteiger partial charge on any atom is -0.492 e. The normalized spacial score (nSPS) is 11.5. The Bertz CT molecular complexity index is 669. The van der Waals surface area contributed by atoms with E-state index in [9.17, 15) is 8.42 Å². The molecule has 0 bridgehead atoms. The molecule has 0 saturated heterocycles. The molecule has 108 valence electrons. The molecule has 1 aromatic heterocycles. The second kappa shape index (κ2) is 6.28. The van der Waals surface area contributed by atoms with Crippen LogP contribution in [-0.2, 0) is 10.0 Å². The molecule has 0 fully saturated rings. The first-order valence-corrected chi connectivity index (χ1v) is 8.05. The number of nitrogens with zero attached hydrogens (tertiary/aromatic N) is 2.